The first kappa shape index (κ1) is 18.5. The first-order chi connectivity index (χ1) is 12.2. The molecular formula is C20H24F3N3. The van der Waals surface area contributed by atoms with Gasteiger partial charge in [0.25, 0.3) is 0 Å². The topological polar surface area (TPSA) is 21.1 Å². The number of para-hydroxylation sites is 1. The standard InChI is InChI=1S/C20H24F3N3/c1-5-26-14(2)16(12-24-26)13-25-17-9-7-6-8-15(17)10-11-18(25)19(3,4)20(21,22)23/h6-12,18H,5,13H2,1-4H3. The Kier molecular flexibility index (Phi) is 4.63. The van der Waals surface area contributed by atoms with Gasteiger partial charge in [0.2, 0.25) is 0 Å². The summed E-state index contributed by atoms with van der Waals surface area (Å²) in [4.78, 5) is 1.85. The van der Waals surface area contributed by atoms with Gasteiger partial charge in [0, 0.05) is 30.0 Å². The van der Waals surface area contributed by atoms with Crippen LogP contribution >= 0.6 is 0 Å². The van der Waals surface area contributed by atoms with Crippen molar-refractivity contribution in [1.29, 1.82) is 0 Å². The maximum absolute atomic E-state index is 13.8. The van der Waals surface area contributed by atoms with Gasteiger partial charge in [0.1, 0.15) is 0 Å². The minimum absolute atomic E-state index is 0.386. The summed E-state index contributed by atoms with van der Waals surface area (Å²) in [7, 11) is 0. The van der Waals surface area contributed by atoms with Crippen molar-refractivity contribution in [3.63, 3.8) is 0 Å². The van der Waals surface area contributed by atoms with Gasteiger partial charge >= 0.3 is 6.18 Å². The summed E-state index contributed by atoms with van der Waals surface area (Å²) in [5, 5.41) is 4.34. The molecule has 140 valence electrons. The predicted octanol–water partition coefficient (Wildman–Crippen LogP) is 5.20. The second-order valence-corrected chi connectivity index (χ2v) is 7.28. The van der Waals surface area contributed by atoms with Crippen molar-refractivity contribution < 1.29 is 13.2 Å². The van der Waals surface area contributed by atoms with Crippen molar-refractivity contribution in [2.75, 3.05) is 4.90 Å². The molecule has 1 atom stereocenters. The maximum atomic E-state index is 13.8. The summed E-state index contributed by atoms with van der Waals surface area (Å²) in [6.07, 6.45) is 0.925. The Hall–Kier alpha value is -2.24. The molecule has 1 aromatic heterocycles. The van der Waals surface area contributed by atoms with Gasteiger partial charge in [-0.15, -0.1) is 0 Å². The van der Waals surface area contributed by atoms with Crippen LogP contribution in [0, 0.1) is 12.3 Å². The van der Waals surface area contributed by atoms with E-state index in [9.17, 15) is 13.2 Å². The van der Waals surface area contributed by atoms with Crippen LogP contribution in [-0.4, -0.2) is 22.0 Å². The van der Waals surface area contributed by atoms with Gasteiger partial charge in [-0.05, 0) is 39.3 Å². The minimum Gasteiger partial charge on any atom is -0.359 e. The zero-order valence-electron chi connectivity index (χ0n) is 15.5. The van der Waals surface area contributed by atoms with Crippen molar-refractivity contribution in [3.05, 3.63) is 53.4 Å². The van der Waals surface area contributed by atoms with Gasteiger partial charge in [-0.2, -0.15) is 18.3 Å². The molecule has 0 bridgehead atoms. The maximum Gasteiger partial charge on any atom is 0.396 e. The number of fused-ring (bicyclic) bond motifs is 1. The lowest BCUT2D eigenvalue weighted by Gasteiger charge is -2.45. The van der Waals surface area contributed by atoms with Crippen LogP contribution in [0.4, 0.5) is 18.9 Å². The van der Waals surface area contributed by atoms with Crippen molar-refractivity contribution >= 4 is 11.8 Å². The first-order valence-corrected chi connectivity index (χ1v) is 8.78. The summed E-state index contributed by atoms with van der Waals surface area (Å²) < 4.78 is 43.2. The van der Waals surface area contributed by atoms with Crippen LogP contribution in [0.15, 0.2) is 36.5 Å². The van der Waals surface area contributed by atoms with Crippen LogP contribution in [-0.2, 0) is 13.1 Å². The van der Waals surface area contributed by atoms with Crippen LogP contribution in [0.3, 0.4) is 0 Å². The molecule has 6 heteroatoms. The molecule has 1 aliphatic heterocycles. The largest absolute Gasteiger partial charge is 0.396 e. The molecule has 26 heavy (non-hydrogen) atoms. The number of alkyl halides is 3. The van der Waals surface area contributed by atoms with E-state index in [0.29, 0.717) is 6.54 Å². The van der Waals surface area contributed by atoms with E-state index in [1.165, 1.54) is 13.8 Å². The molecule has 0 N–H and O–H groups in total. The molecule has 0 radical (unpaired) electrons. The fourth-order valence-electron chi connectivity index (χ4n) is 3.46. The van der Waals surface area contributed by atoms with Crippen molar-refractivity contribution in [2.45, 2.75) is 53.0 Å². The molecule has 2 heterocycles. The number of aryl methyl sites for hydroxylation is 1. The lowest BCUT2D eigenvalue weighted by Crippen LogP contribution is -2.52. The van der Waals surface area contributed by atoms with E-state index in [0.717, 1.165) is 29.1 Å². The fraction of sp³-hybridized carbons (Fsp3) is 0.450. The number of anilines is 1. The van der Waals surface area contributed by atoms with E-state index < -0.39 is 17.6 Å². The zero-order chi connectivity index (χ0) is 19.1. The van der Waals surface area contributed by atoms with Gasteiger partial charge < -0.3 is 4.90 Å². The van der Waals surface area contributed by atoms with E-state index >= 15 is 0 Å². The second-order valence-electron chi connectivity index (χ2n) is 7.28. The molecule has 3 rings (SSSR count). The number of rotatable bonds is 4. The summed E-state index contributed by atoms with van der Waals surface area (Å²) >= 11 is 0. The van der Waals surface area contributed by atoms with Crippen molar-refractivity contribution in [2.24, 2.45) is 5.41 Å². The zero-order valence-corrected chi connectivity index (χ0v) is 15.5. The highest BCUT2D eigenvalue weighted by Gasteiger charge is 2.54. The Bertz CT molecular complexity index is 818. The highest BCUT2D eigenvalue weighted by molar-refractivity contribution is 5.72. The molecule has 0 amide bonds. The van der Waals surface area contributed by atoms with Crippen molar-refractivity contribution in [3.8, 4) is 0 Å². The molecule has 2 aromatic rings. The summed E-state index contributed by atoms with van der Waals surface area (Å²) in [5.74, 6) is 0. The fourth-order valence-corrected chi connectivity index (χ4v) is 3.46. The Labute approximate surface area is 152 Å². The number of aromatic nitrogens is 2. The van der Waals surface area contributed by atoms with E-state index in [-0.39, 0.29) is 0 Å². The van der Waals surface area contributed by atoms with E-state index in [1.54, 1.807) is 18.3 Å². The van der Waals surface area contributed by atoms with Crippen LogP contribution in [0.2, 0.25) is 0 Å². The normalized spacial score (nSPS) is 17.5. The van der Waals surface area contributed by atoms with Gasteiger partial charge in [-0.3, -0.25) is 4.68 Å². The molecule has 0 saturated heterocycles. The van der Waals surface area contributed by atoms with Gasteiger partial charge in [-0.25, -0.2) is 0 Å². The van der Waals surface area contributed by atoms with Crippen LogP contribution in [0.25, 0.3) is 6.08 Å². The Morgan fingerprint density at radius 1 is 1.15 bits per heavy atom. The Morgan fingerprint density at radius 2 is 1.85 bits per heavy atom. The quantitative estimate of drug-likeness (QED) is 0.744. The average Bonchev–Trinajstić information content (AvgIpc) is 2.94. The minimum atomic E-state index is -4.31. The molecule has 0 fully saturated rings. The Balaban J connectivity index is 2.06. The summed E-state index contributed by atoms with van der Waals surface area (Å²) in [6.45, 7) is 7.62. The van der Waals surface area contributed by atoms with Gasteiger partial charge in [-0.1, -0.05) is 30.4 Å². The van der Waals surface area contributed by atoms with Gasteiger partial charge in [0.15, 0.2) is 0 Å². The van der Waals surface area contributed by atoms with Crippen molar-refractivity contribution in [1.82, 2.24) is 9.78 Å². The third-order valence-electron chi connectivity index (χ3n) is 5.36. The smallest absolute Gasteiger partial charge is 0.359 e. The van der Waals surface area contributed by atoms with Crippen LogP contribution in [0.1, 0.15) is 37.6 Å². The highest BCUT2D eigenvalue weighted by Crippen LogP contribution is 2.46. The van der Waals surface area contributed by atoms with E-state index in [4.69, 9.17) is 0 Å². The monoisotopic (exact) mass is 363 g/mol. The molecule has 0 aliphatic carbocycles. The third kappa shape index (κ3) is 3.02. The SMILES string of the molecule is CCn1ncc(CN2c3ccccc3C=CC2C(C)(C)C(F)(F)F)c1C. The number of nitrogens with zero attached hydrogens (tertiary/aromatic N) is 3. The number of halogens is 3. The first-order valence-electron chi connectivity index (χ1n) is 8.78. The molecule has 0 spiro atoms. The lowest BCUT2D eigenvalue weighted by atomic mass is 9.80. The van der Waals surface area contributed by atoms with Crippen LogP contribution in [0.5, 0.6) is 0 Å². The molecule has 1 unspecified atom stereocenters. The summed E-state index contributed by atoms with van der Waals surface area (Å²) in [6, 6.07) is 6.79. The number of hydrogen-bond acceptors (Lipinski definition) is 2. The average molecular weight is 363 g/mol. The predicted molar refractivity (Wildman–Crippen MR) is 97.9 cm³/mol. The third-order valence-corrected chi connectivity index (χ3v) is 5.36. The van der Waals surface area contributed by atoms with Crippen LogP contribution < -0.4 is 4.90 Å². The second kappa shape index (κ2) is 6.49. The molecular weight excluding hydrogens is 339 g/mol. The molecule has 3 nitrogen and oxygen atoms in total. The van der Waals surface area contributed by atoms with E-state index in [1.807, 2.05) is 47.7 Å². The number of benzene rings is 1. The van der Waals surface area contributed by atoms with E-state index in [2.05, 4.69) is 5.10 Å². The molecule has 0 saturated carbocycles. The summed E-state index contributed by atoms with van der Waals surface area (Å²) in [5.41, 5.74) is 1.80. The number of hydrogen-bond donors (Lipinski definition) is 0. The van der Waals surface area contributed by atoms with Gasteiger partial charge in [0.05, 0.1) is 17.7 Å². The Morgan fingerprint density at radius 3 is 2.46 bits per heavy atom. The molecule has 1 aromatic carbocycles. The molecule has 1 aliphatic rings. The highest BCUT2D eigenvalue weighted by atomic mass is 19.4. The lowest BCUT2D eigenvalue weighted by molar-refractivity contribution is -0.214.